The van der Waals surface area contributed by atoms with Crippen LogP contribution in [0.15, 0.2) is 53.0 Å². The van der Waals surface area contributed by atoms with E-state index in [2.05, 4.69) is 15.9 Å². The van der Waals surface area contributed by atoms with E-state index < -0.39 is 12.1 Å². The fourth-order valence-electron chi connectivity index (χ4n) is 2.11. The summed E-state index contributed by atoms with van der Waals surface area (Å²) in [6.45, 7) is -0.280. The number of fused-ring (bicyclic) bond motifs is 1. The van der Waals surface area contributed by atoms with Crippen LogP contribution in [0.5, 0.6) is 11.5 Å². The van der Waals surface area contributed by atoms with Gasteiger partial charge in [-0.25, -0.2) is 4.79 Å². The third-order valence-electron chi connectivity index (χ3n) is 3.26. The first-order chi connectivity index (χ1) is 11.1. The Balaban J connectivity index is 1.57. The van der Waals surface area contributed by atoms with Gasteiger partial charge in [0.1, 0.15) is 6.61 Å². The lowest BCUT2D eigenvalue weighted by molar-refractivity contribution is -0.153. The number of esters is 1. The van der Waals surface area contributed by atoms with Gasteiger partial charge < -0.3 is 14.2 Å². The zero-order valence-corrected chi connectivity index (χ0v) is 13.6. The average molecular weight is 377 g/mol. The van der Waals surface area contributed by atoms with Crippen LogP contribution >= 0.6 is 15.9 Å². The minimum absolute atomic E-state index is 0.0565. The monoisotopic (exact) mass is 376 g/mol. The van der Waals surface area contributed by atoms with E-state index in [1.807, 2.05) is 12.1 Å². The van der Waals surface area contributed by atoms with Crippen molar-refractivity contribution in [2.24, 2.45) is 0 Å². The van der Waals surface area contributed by atoms with Crippen LogP contribution in [0.2, 0.25) is 0 Å². The number of benzene rings is 2. The number of carbonyl (C=O) groups is 2. The molecule has 0 N–H and O–H groups in total. The Hall–Kier alpha value is -2.34. The fraction of sp³-hybridized carbons (Fsp3) is 0.176. The van der Waals surface area contributed by atoms with E-state index in [1.165, 1.54) is 0 Å². The normalized spacial score (nSPS) is 15.8. The number of hydrogen-bond donors (Lipinski definition) is 0. The highest BCUT2D eigenvalue weighted by Crippen LogP contribution is 2.31. The second-order valence-electron chi connectivity index (χ2n) is 4.91. The van der Waals surface area contributed by atoms with Crippen molar-refractivity contribution < 1.29 is 23.8 Å². The molecule has 1 aliphatic heterocycles. The standard InChI is InChI=1S/C17H13BrO5/c18-12-5-3-4-11(8-12)13(19)9-22-17(20)16-10-21-14-6-1-2-7-15(14)23-16/h1-8,16H,9-10H2/t16-/m0/s1. The molecule has 0 aromatic heterocycles. The van der Waals surface area contributed by atoms with Crippen molar-refractivity contribution in [2.45, 2.75) is 6.10 Å². The van der Waals surface area contributed by atoms with Gasteiger partial charge in [-0.2, -0.15) is 0 Å². The highest BCUT2D eigenvalue weighted by atomic mass is 79.9. The molecule has 0 aliphatic carbocycles. The molecule has 118 valence electrons. The van der Waals surface area contributed by atoms with Crippen LogP contribution in [-0.2, 0) is 9.53 Å². The molecule has 0 saturated carbocycles. The van der Waals surface area contributed by atoms with Gasteiger partial charge in [0.05, 0.1) is 0 Å². The van der Waals surface area contributed by atoms with E-state index in [4.69, 9.17) is 14.2 Å². The molecule has 0 bridgehead atoms. The van der Waals surface area contributed by atoms with Gasteiger partial charge >= 0.3 is 5.97 Å². The van der Waals surface area contributed by atoms with Gasteiger partial charge in [0.15, 0.2) is 23.9 Å². The van der Waals surface area contributed by atoms with Crippen molar-refractivity contribution in [3.05, 3.63) is 58.6 Å². The minimum atomic E-state index is -0.875. The largest absolute Gasteiger partial charge is 0.485 e. The second kappa shape index (κ2) is 6.83. The number of ketones is 1. The molecule has 0 radical (unpaired) electrons. The maximum absolute atomic E-state index is 12.0. The lowest BCUT2D eigenvalue weighted by Gasteiger charge is -2.24. The van der Waals surface area contributed by atoms with E-state index in [9.17, 15) is 9.59 Å². The average Bonchev–Trinajstić information content (AvgIpc) is 2.59. The van der Waals surface area contributed by atoms with Crippen LogP contribution in [-0.4, -0.2) is 31.1 Å². The molecule has 6 heteroatoms. The first kappa shape index (κ1) is 15.6. The van der Waals surface area contributed by atoms with Crippen LogP contribution in [0, 0.1) is 0 Å². The molecule has 0 saturated heterocycles. The van der Waals surface area contributed by atoms with E-state index in [-0.39, 0.29) is 19.0 Å². The van der Waals surface area contributed by atoms with Gasteiger partial charge in [-0.05, 0) is 24.3 Å². The molecule has 2 aromatic carbocycles. The Kier molecular flexibility index (Phi) is 4.62. The minimum Gasteiger partial charge on any atom is -0.485 e. The molecule has 1 heterocycles. The van der Waals surface area contributed by atoms with Crippen molar-refractivity contribution in [3.8, 4) is 11.5 Å². The molecule has 0 fully saturated rings. The number of para-hydroxylation sites is 2. The van der Waals surface area contributed by atoms with E-state index in [0.29, 0.717) is 17.1 Å². The summed E-state index contributed by atoms with van der Waals surface area (Å²) in [5, 5.41) is 0. The van der Waals surface area contributed by atoms with Crippen molar-refractivity contribution >= 4 is 27.7 Å². The molecule has 23 heavy (non-hydrogen) atoms. The van der Waals surface area contributed by atoms with Crippen LogP contribution in [0.25, 0.3) is 0 Å². The third kappa shape index (κ3) is 3.71. The molecule has 3 rings (SSSR count). The second-order valence-corrected chi connectivity index (χ2v) is 5.82. The van der Waals surface area contributed by atoms with Gasteiger partial charge in [0.2, 0.25) is 6.10 Å². The number of Topliss-reactive ketones (excluding diaryl/α,β-unsaturated/α-hetero) is 1. The summed E-state index contributed by atoms with van der Waals surface area (Å²) in [4.78, 5) is 24.0. The Bertz CT molecular complexity index is 743. The van der Waals surface area contributed by atoms with E-state index in [1.54, 1.807) is 36.4 Å². The molecular weight excluding hydrogens is 364 g/mol. The van der Waals surface area contributed by atoms with Gasteiger partial charge in [0, 0.05) is 10.0 Å². The number of rotatable bonds is 4. The van der Waals surface area contributed by atoms with Crippen molar-refractivity contribution in [2.75, 3.05) is 13.2 Å². The molecule has 1 atom stereocenters. The zero-order valence-electron chi connectivity index (χ0n) is 12.0. The molecule has 0 spiro atoms. The summed E-state index contributed by atoms with van der Waals surface area (Å²) in [5.74, 6) is 0.167. The van der Waals surface area contributed by atoms with Crippen LogP contribution in [0.3, 0.4) is 0 Å². The molecule has 0 amide bonds. The SMILES string of the molecule is O=C(COC(=O)[C@@H]1COc2ccccc2O1)c1cccc(Br)c1. The van der Waals surface area contributed by atoms with Crippen LogP contribution in [0.1, 0.15) is 10.4 Å². The summed E-state index contributed by atoms with van der Waals surface area (Å²) in [5.41, 5.74) is 0.471. The van der Waals surface area contributed by atoms with Crippen molar-refractivity contribution in [1.82, 2.24) is 0 Å². The van der Waals surface area contributed by atoms with Crippen LogP contribution in [0.4, 0.5) is 0 Å². The summed E-state index contributed by atoms with van der Waals surface area (Å²) < 4.78 is 16.8. The summed E-state index contributed by atoms with van der Waals surface area (Å²) in [6.07, 6.45) is -0.875. The van der Waals surface area contributed by atoms with Crippen LogP contribution < -0.4 is 9.47 Å². The highest BCUT2D eigenvalue weighted by Gasteiger charge is 2.29. The van der Waals surface area contributed by atoms with Gasteiger partial charge in [-0.1, -0.05) is 40.2 Å². The Morgan fingerprint density at radius 2 is 1.91 bits per heavy atom. The fourth-order valence-corrected chi connectivity index (χ4v) is 2.51. The highest BCUT2D eigenvalue weighted by molar-refractivity contribution is 9.10. The Morgan fingerprint density at radius 3 is 2.70 bits per heavy atom. The first-order valence-electron chi connectivity index (χ1n) is 6.97. The lowest BCUT2D eigenvalue weighted by atomic mass is 10.1. The molecule has 1 aliphatic rings. The predicted octanol–water partition coefficient (Wildman–Crippen LogP) is 3.02. The summed E-state index contributed by atoms with van der Waals surface area (Å²) in [6, 6.07) is 14.0. The predicted molar refractivity (Wildman–Crippen MR) is 85.8 cm³/mol. The zero-order chi connectivity index (χ0) is 16.2. The Morgan fingerprint density at radius 1 is 1.13 bits per heavy atom. The molecular formula is C17H13BrO5. The maximum Gasteiger partial charge on any atom is 0.351 e. The number of halogens is 1. The summed E-state index contributed by atoms with van der Waals surface area (Å²) >= 11 is 3.29. The maximum atomic E-state index is 12.0. The number of carbonyl (C=O) groups excluding carboxylic acids is 2. The van der Waals surface area contributed by atoms with Crippen molar-refractivity contribution in [1.29, 1.82) is 0 Å². The van der Waals surface area contributed by atoms with E-state index >= 15 is 0 Å². The van der Waals surface area contributed by atoms with Gasteiger partial charge in [-0.15, -0.1) is 0 Å². The summed E-state index contributed by atoms with van der Waals surface area (Å²) in [7, 11) is 0. The first-order valence-corrected chi connectivity index (χ1v) is 7.76. The van der Waals surface area contributed by atoms with Gasteiger partial charge in [0.25, 0.3) is 0 Å². The Labute approximate surface area is 141 Å². The molecule has 2 aromatic rings. The third-order valence-corrected chi connectivity index (χ3v) is 3.76. The topological polar surface area (TPSA) is 61.8 Å². The smallest absolute Gasteiger partial charge is 0.351 e. The lowest BCUT2D eigenvalue weighted by Crippen LogP contribution is -2.38. The van der Waals surface area contributed by atoms with Gasteiger partial charge in [-0.3, -0.25) is 4.79 Å². The number of hydrogen-bond acceptors (Lipinski definition) is 5. The van der Waals surface area contributed by atoms with E-state index in [0.717, 1.165) is 4.47 Å². The molecule has 5 nitrogen and oxygen atoms in total. The number of ether oxygens (including phenoxy) is 3. The quantitative estimate of drug-likeness (QED) is 0.606. The van der Waals surface area contributed by atoms with Crippen molar-refractivity contribution in [3.63, 3.8) is 0 Å². The molecule has 0 unspecified atom stereocenters.